The molecular weight excluding hydrogens is 368 g/mol. The first kappa shape index (κ1) is 19.4. The number of benzene rings is 1. The normalized spacial score (nSPS) is 14.6. The van der Waals surface area contributed by atoms with Crippen LogP contribution >= 0.6 is 11.6 Å². The number of halogens is 1. The number of anilines is 4. The predicted octanol–water partition coefficient (Wildman–Crippen LogP) is 3.06. The Hall–Kier alpha value is -2.32. The lowest BCUT2D eigenvalue weighted by Gasteiger charge is -2.21. The fourth-order valence-corrected chi connectivity index (χ4v) is 3.15. The fraction of sp³-hybridized carbons (Fsp3) is 0.500. The molecule has 8 nitrogen and oxygen atoms in total. The minimum absolute atomic E-state index is 0.00436. The van der Waals surface area contributed by atoms with E-state index in [1.54, 1.807) is 25.3 Å². The molecule has 27 heavy (non-hydrogen) atoms. The van der Waals surface area contributed by atoms with Gasteiger partial charge in [0.15, 0.2) is 0 Å². The van der Waals surface area contributed by atoms with Gasteiger partial charge in [-0.1, -0.05) is 24.4 Å². The van der Waals surface area contributed by atoms with E-state index in [0.717, 1.165) is 25.9 Å². The van der Waals surface area contributed by atoms with E-state index in [1.807, 2.05) is 0 Å². The largest absolute Gasteiger partial charge is 0.495 e. The van der Waals surface area contributed by atoms with Gasteiger partial charge in [-0.15, -0.1) is 0 Å². The number of nitrogens with zero attached hydrogens (tertiary/aromatic N) is 4. The molecule has 0 atom stereocenters. The average molecular weight is 393 g/mol. The number of aliphatic hydroxyl groups excluding tert-OH is 1. The Bertz CT molecular complexity index is 753. The molecule has 0 unspecified atom stereocenters. The summed E-state index contributed by atoms with van der Waals surface area (Å²) in [6, 6.07) is 5.30. The van der Waals surface area contributed by atoms with Crippen LogP contribution < -0.4 is 20.3 Å². The van der Waals surface area contributed by atoms with Gasteiger partial charge in [0.1, 0.15) is 5.75 Å². The number of rotatable bonds is 7. The molecule has 1 aliphatic heterocycles. The molecular formula is C18H25ClN6O2. The van der Waals surface area contributed by atoms with Crippen molar-refractivity contribution in [1.29, 1.82) is 0 Å². The third kappa shape index (κ3) is 5.33. The maximum absolute atomic E-state index is 9.10. The Morgan fingerprint density at radius 2 is 1.85 bits per heavy atom. The van der Waals surface area contributed by atoms with Crippen molar-refractivity contribution in [2.75, 3.05) is 48.9 Å². The van der Waals surface area contributed by atoms with E-state index in [0.29, 0.717) is 40.8 Å². The molecule has 1 aromatic carbocycles. The lowest BCUT2D eigenvalue weighted by molar-refractivity contribution is 0.311. The summed E-state index contributed by atoms with van der Waals surface area (Å²) in [5.41, 5.74) is 0.672. The lowest BCUT2D eigenvalue weighted by Crippen LogP contribution is -2.27. The van der Waals surface area contributed by atoms with E-state index < -0.39 is 0 Å². The molecule has 3 N–H and O–H groups in total. The van der Waals surface area contributed by atoms with E-state index in [4.69, 9.17) is 21.4 Å². The van der Waals surface area contributed by atoms with Crippen molar-refractivity contribution in [3.05, 3.63) is 23.2 Å². The van der Waals surface area contributed by atoms with Gasteiger partial charge in [0.25, 0.3) is 0 Å². The van der Waals surface area contributed by atoms with E-state index >= 15 is 0 Å². The molecule has 0 spiro atoms. The summed E-state index contributed by atoms with van der Waals surface area (Å²) in [4.78, 5) is 15.7. The van der Waals surface area contributed by atoms with E-state index in [-0.39, 0.29) is 6.61 Å². The van der Waals surface area contributed by atoms with Crippen LogP contribution in [0.15, 0.2) is 18.2 Å². The van der Waals surface area contributed by atoms with E-state index in [1.165, 1.54) is 12.8 Å². The zero-order valence-electron chi connectivity index (χ0n) is 15.4. The highest BCUT2D eigenvalue weighted by Crippen LogP contribution is 2.30. The third-order valence-corrected chi connectivity index (χ3v) is 4.55. The molecule has 1 aromatic heterocycles. The van der Waals surface area contributed by atoms with Crippen molar-refractivity contribution < 1.29 is 9.84 Å². The summed E-state index contributed by atoms with van der Waals surface area (Å²) < 4.78 is 5.38. The Balaban J connectivity index is 1.91. The van der Waals surface area contributed by atoms with Gasteiger partial charge in [-0.05, 0) is 31.0 Å². The SMILES string of the molecule is COc1ccc(Cl)cc1Nc1nc(NCCO)nc(N2CCCCCC2)n1. The van der Waals surface area contributed by atoms with Crippen LogP contribution in [0.2, 0.25) is 5.02 Å². The highest BCUT2D eigenvalue weighted by Gasteiger charge is 2.16. The Morgan fingerprint density at radius 1 is 1.11 bits per heavy atom. The monoisotopic (exact) mass is 392 g/mol. The van der Waals surface area contributed by atoms with Crippen molar-refractivity contribution in [2.45, 2.75) is 25.7 Å². The van der Waals surface area contributed by atoms with Gasteiger partial charge < -0.3 is 25.4 Å². The summed E-state index contributed by atoms with van der Waals surface area (Å²) in [7, 11) is 1.60. The van der Waals surface area contributed by atoms with Crippen molar-refractivity contribution in [2.24, 2.45) is 0 Å². The van der Waals surface area contributed by atoms with E-state index in [2.05, 4.69) is 30.5 Å². The van der Waals surface area contributed by atoms with Gasteiger partial charge in [-0.25, -0.2) is 0 Å². The Kier molecular flexibility index (Phi) is 6.89. The van der Waals surface area contributed by atoms with Crippen LogP contribution in [0.4, 0.5) is 23.5 Å². The number of nitrogens with one attached hydrogen (secondary N) is 2. The van der Waals surface area contributed by atoms with Crippen molar-refractivity contribution in [3.8, 4) is 5.75 Å². The average Bonchev–Trinajstić information content (AvgIpc) is 2.96. The molecule has 3 rings (SSSR count). The highest BCUT2D eigenvalue weighted by molar-refractivity contribution is 6.31. The summed E-state index contributed by atoms with van der Waals surface area (Å²) in [5, 5.41) is 15.9. The molecule has 1 aliphatic rings. The van der Waals surface area contributed by atoms with Gasteiger partial charge in [0.2, 0.25) is 17.8 Å². The Labute approximate surface area is 163 Å². The first-order chi connectivity index (χ1) is 13.2. The smallest absolute Gasteiger partial charge is 0.233 e. The topological polar surface area (TPSA) is 95.4 Å². The van der Waals surface area contributed by atoms with Gasteiger partial charge in [0, 0.05) is 24.7 Å². The Morgan fingerprint density at radius 3 is 2.56 bits per heavy atom. The van der Waals surface area contributed by atoms with Crippen LogP contribution in [0.3, 0.4) is 0 Å². The molecule has 2 heterocycles. The second kappa shape index (κ2) is 9.57. The number of aliphatic hydroxyl groups is 1. The molecule has 2 aromatic rings. The minimum atomic E-state index is -0.00436. The maximum Gasteiger partial charge on any atom is 0.233 e. The summed E-state index contributed by atoms with van der Waals surface area (Å²) in [6.45, 7) is 2.20. The quantitative estimate of drug-likeness (QED) is 0.661. The molecule has 1 fully saturated rings. The van der Waals surface area contributed by atoms with Gasteiger partial charge in [-0.2, -0.15) is 15.0 Å². The fourth-order valence-electron chi connectivity index (χ4n) is 2.98. The number of hydrogen-bond acceptors (Lipinski definition) is 8. The molecule has 0 saturated carbocycles. The predicted molar refractivity (Wildman–Crippen MR) is 107 cm³/mol. The molecule has 0 bridgehead atoms. The van der Waals surface area contributed by atoms with Gasteiger partial charge in [-0.3, -0.25) is 0 Å². The lowest BCUT2D eigenvalue weighted by atomic mass is 10.2. The number of hydrogen-bond donors (Lipinski definition) is 3. The van der Waals surface area contributed by atoms with Crippen molar-refractivity contribution in [1.82, 2.24) is 15.0 Å². The van der Waals surface area contributed by atoms with Crippen LogP contribution in [0.5, 0.6) is 5.75 Å². The second-order valence-electron chi connectivity index (χ2n) is 6.30. The summed E-state index contributed by atoms with van der Waals surface area (Å²) >= 11 is 6.11. The summed E-state index contributed by atoms with van der Waals surface area (Å²) in [5.74, 6) is 2.07. The number of methoxy groups -OCH3 is 1. The molecule has 0 amide bonds. The number of aromatic nitrogens is 3. The van der Waals surface area contributed by atoms with Crippen molar-refractivity contribution >= 4 is 35.1 Å². The zero-order valence-corrected chi connectivity index (χ0v) is 16.2. The van der Waals surface area contributed by atoms with Crippen LogP contribution in [0.25, 0.3) is 0 Å². The first-order valence-corrected chi connectivity index (χ1v) is 9.53. The highest BCUT2D eigenvalue weighted by atomic mass is 35.5. The first-order valence-electron chi connectivity index (χ1n) is 9.16. The van der Waals surface area contributed by atoms with Crippen LogP contribution in [0, 0.1) is 0 Å². The second-order valence-corrected chi connectivity index (χ2v) is 6.74. The third-order valence-electron chi connectivity index (χ3n) is 4.32. The number of ether oxygens (including phenoxy) is 1. The van der Waals surface area contributed by atoms with Crippen molar-refractivity contribution in [3.63, 3.8) is 0 Å². The van der Waals surface area contributed by atoms with Crippen LogP contribution in [-0.4, -0.2) is 53.4 Å². The van der Waals surface area contributed by atoms with Crippen LogP contribution in [-0.2, 0) is 0 Å². The van der Waals surface area contributed by atoms with Crippen LogP contribution in [0.1, 0.15) is 25.7 Å². The summed E-state index contributed by atoms with van der Waals surface area (Å²) in [6.07, 6.45) is 4.69. The molecule has 0 aliphatic carbocycles. The molecule has 9 heteroatoms. The van der Waals surface area contributed by atoms with E-state index in [9.17, 15) is 0 Å². The standard InChI is InChI=1S/C18H25ClN6O2/c1-27-15-7-6-13(19)12-14(15)21-17-22-16(20-8-11-26)23-18(24-17)25-9-4-2-3-5-10-25/h6-7,12,26H,2-5,8-11H2,1H3,(H2,20,21,22,23,24). The minimum Gasteiger partial charge on any atom is -0.495 e. The zero-order chi connectivity index (χ0) is 19.1. The molecule has 0 radical (unpaired) electrons. The molecule has 146 valence electrons. The maximum atomic E-state index is 9.10. The van der Waals surface area contributed by atoms with Gasteiger partial charge >= 0.3 is 0 Å². The molecule has 1 saturated heterocycles. The van der Waals surface area contributed by atoms with Gasteiger partial charge in [0.05, 0.1) is 19.4 Å².